The Morgan fingerprint density at radius 3 is 2.51 bits per heavy atom. The number of nitriles is 1. The molecule has 238 valence electrons. The quantitative estimate of drug-likeness (QED) is 0.128. The van der Waals surface area contributed by atoms with Crippen molar-refractivity contribution in [1.29, 1.82) is 5.26 Å². The predicted octanol–water partition coefficient (Wildman–Crippen LogP) is 9.08. The van der Waals surface area contributed by atoms with Gasteiger partial charge in [-0.3, -0.25) is 0 Å². The highest BCUT2D eigenvalue weighted by Crippen LogP contribution is 2.45. The van der Waals surface area contributed by atoms with Gasteiger partial charge in [0.25, 0.3) is 0 Å². The summed E-state index contributed by atoms with van der Waals surface area (Å²) in [6.45, 7) is 8.21. The third-order valence-electron chi connectivity index (χ3n) is 8.21. The van der Waals surface area contributed by atoms with Gasteiger partial charge in [-0.2, -0.15) is 5.26 Å². The molecular formula is C37H30Cl2N2O6. The molecule has 4 aromatic carbocycles. The topological polar surface area (TPSA) is 117 Å². The molecule has 2 heterocycles. The molecule has 0 saturated heterocycles. The number of ether oxygens (including phenoxy) is 4. The summed E-state index contributed by atoms with van der Waals surface area (Å²) in [5, 5.41) is 12.0. The summed E-state index contributed by atoms with van der Waals surface area (Å²) in [7, 11) is 0. The number of rotatable bonds is 8. The number of furan rings is 1. The van der Waals surface area contributed by atoms with Gasteiger partial charge in [0.05, 0.1) is 12.5 Å². The fraction of sp³-hybridized carbons (Fsp3) is 0.189. The lowest BCUT2D eigenvalue weighted by atomic mass is 9.83. The molecule has 0 aliphatic carbocycles. The Bertz CT molecular complexity index is 2130. The standard InChI is InChI=1S/C37H30Cl2N2O6/c1-5-43-32-14-22(8-13-30(32)44-18-23-7-9-24(38)15-29(23)39)33-27-12-10-25(16-31(27)46-36(41)28(33)17-40)45-37(42)35-21(4)26-11-6-19(2)20(3)34(26)47-35/h6-16,33H,5,18,41H2,1-4H3. The van der Waals surface area contributed by atoms with E-state index in [0.717, 1.165) is 27.6 Å². The van der Waals surface area contributed by atoms with Gasteiger partial charge in [-0.25, -0.2) is 4.79 Å². The number of carbonyl (C=O) groups is 1. The zero-order chi connectivity index (χ0) is 33.4. The zero-order valence-corrected chi connectivity index (χ0v) is 27.6. The lowest BCUT2D eigenvalue weighted by molar-refractivity contribution is 0.0702. The molecule has 0 radical (unpaired) electrons. The molecule has 1 aliphatic rings. The van der Waals surface area contributed by atoms with Crippen molar-refractivity contribution in [3.8, 4) is 29.1 Å². The highest BCUT2D eigenvalue weighted by Gasteiger charge is 2.32. The summed E-state index contributed by atoms with van der Waals surface area (Å²) in [5.74, 6) is 0.406. The van der Waals surface area contributed by atoms with Crippen LogP contribution < -0.4 is 24.7 Å². The maximum Gasteiger partial charge on any atom is 0.379 e. The van der Waals surface area contributed by atoms with Crippen molar-refractivity contribution in [2.75, 3.05) is 6.61 Å². The number of nitrogens with two attached hydrogens (primary N) is 1. The Kier molecular flexibility index (Phi) is 8.78. The molecular weight excluding hydrogens is 639 g/mol. The molecule has 47 heavy (non-hydrogen) atoms. The van der Waals surface area contributed by atoms with E-state index in [1.165, 1.54) is 0 Å². The predicted molar refractivity (Wildman–Crippen MR) is 180 cm³/mol. The molecule has 2 N–H and O–H groups in total. The van der Waals surface area contributed by atoms with Crippen molar-refractivity contribution in [2.24, 2.45) is 5.73 Å². The van der Waals surface area contributed by atoms with Crippen LogP contribution in [0.25, 0.3) is 11.0 Å². The summed E-state index contributed by atoms with van der Waals surface area (Å²) in [5.41, 5.74) is 12.0. The van der Waals surface area contributed by atoms with Gasteiger partial charge in [-0.15, -0.1) is 0 Å². The highest BCUT2D eigenvalue weighted by atomic mass is 35.5. The Balaban J connectivity index is 1.30. The van der Waals surface area contributed by atoms with E-state index in [9.17, 15) is 10.1 Å². The molecule has 1 aromatic heterocycles. The van der Waals surface area contributed by atoms with Crippen LogP contribution in [0.5, 0.6) is 23.0 Å². The minimum Gasteiger partial charge on any atom is -0.490 e. The van der Waals surface area contributed by atoms with Crippen LogP contribution in [0.1, 0.15) is 56.8 Å². The van der Waals surface area contributed by atoms with Gasteiger partial charge >= 0.3 is 5.97 Å². The second-order valence-electron chi connectivity index (χ2n) is 11.1. The van der Waals surface area contributed by atoms with Crippen LogP contribution in [-0.4, -0.2) is 12.6 Å². The largest absolute Gasteiger partial charge is 0.490 e. The number of hydrogen-bond acceptors (Lipinski definition) is 8. The first-order valence-electron chi connectivity index (χ1n) is 14.9. The van der Waals surface area contributed by atoms with Gasteiger partial charge in [0.2, 0.25) is 11.6 Å². The van der Waals surface area contributed by atoms with E-state index in [-0.39, 0.29) is 29.6 Å². The van der Waals surface area contributed by atoms with E-state index < -0.39 is 11.9 Å². The molecule has 1 aliphatic heterocycles. The van der Waals surface area contributed by atoms with E-state index in [1.807, 2.05) is 52.0 Å². The van der Waals surface area contributed by atoms with Gasteiger partial charge < -0.3 is 29.1 Å². The summed E-state index contributed by atoms with van der Waals surface area (Å²) in [4.78, 5) is 13.3. The number of esters is 1. The maximum atomic E-state index is 13.3. The molecule has 6 rings (SSSR count). The molecule has 8 nitrogen and oxygen atoms in total. The minimum absolute atomic E-state index is 0.0527. The molecule has 10 heteroatoms. The normalized spacial score (nSPS) is 13.9. The minimum atomic E-state index is -0.638. The lowest BCUT2D eigenvalue weighted by Gasteiger charge is -2.27. The second-order valence-corrected chi connectivity index (χ2v) is 12.0. The van der Waals surface area contributed by atoms with Crippen LogP contribution in [0, 0.1) is 32.1 Å². The molecule has 0 saturated carbocycles. The molecule has 0 spiro atoms. The van der Waals surface area contributed by atoms with Crippen molar-refractivity contribution >= 4 is 40.1 Å². The van der Waals surface area contributed by atoms with Crippen molar-refractivity contribution in [3.63, 3.8) is 0 Å². The summed E-state index contributed by atoms with van der Waals surface area (Å²) >= 11 is 12.4. The smallest absolute Gasteiger partial charge is 0.379 e. The van der Waals surface area contributed by atoms with E-state index in [0.29, 0.717) is 50.6 Å². The Morgan fingerprint density at radius 1 is 0.957 bits per heavy atom. The van der Waals surface area contributed by atoms with Crippen molar-refractivity contribution in [3.05, 3.63) is 127 Å². The Labute approximate surface area is 281 Å². The van der Waals surface area contributed by atoms with E-state index in [4.69, 9.17) is 52.3 Å². The number of carbonyl (C=O) groups excluding carboxylic acids is 1. The molecule has 0 amide bonds. The number of aryl methyl sites for hydroxylation is 3. The number of nitrogens with zero attached hydrogens (tertiary/aromatic N) is 1. The molecule has 5 aromatic rings. The maximum absolute atomic E-state index is 13.3. The van der Waals surface area contributed by atoms with Crippen molar-refractivity contribution in [2.45, 2.75) is 40.2 Å². The van der Waals surface area contributed by atoms with Crippen molar-refractivity contribution < 1.29 is 28.2 Å². The molecule has 0 fully saturated rings. The number of hydrogen-bond donors (Lipinski definition) is 1. The van der Waals surface area contributed by atoms with Crippen LogP contribution >= 0.6 is 23.2 Å². The first kappa shape index (κ1) is 31.9. The fourth-order valence-corrected chi connectivity index (χ4v) is 6.06. The fourth-order valence-electron chi connectivity index (χ4n) is 5.59. The Morgan fingerprint density at radius 2 is 1.77 bits per heavy atom. The second kappa shape index (κ2) is 13.0. The average Bonchev–Trinajstić information content (AvgIpc) is 3.39. The van der Waals surface area contributed by atoms with E-state index in [2.05, 4.69) is 6.07 Å². The number of halogens is 2. The number of allylic oxidation sites excluding steroid dienone is 1. The lowest BCUT2D eigenvalue weighted by Crippen LogP contribution is -2.21. The third-order valence-corrected chi connectivity index (χ3v) is 8.80. The summed E-state index contributed by atoms with van der Waals surface area (Å²) in [6.07, 6.45) is 0. The van der Waals surface area contributed by atoms with Gasteiger partial charge in [0.15, 0.2) is 11.5 Å². The average molecular weight is 670 g/mol. The highest BCUT2D eigenvalue weighted by molar-refractivity contribution is 6.35. The molecule has 1 atom stereocenters. The molecule has 0 bridgehead atoms. The van der Waals surface area contributed by atoms with Gasteiger partial charge in [0.1, 0.15) is 35.3 Å². The van der Waals surface area contributed by atoms with Gasteiger partial charge in [0, 0.05) is 38.2 Å². The first-order valence-corrected chi connectivity index (χ1v) is 15.6. The molecule has 1 unspecified atom stereocenters. The monoisotopic (exact) mass is 668 g/mol. The van der Waals surface area contributed by atoms with Crippen molar-refractivity contribution in [1.82, 2.24) is 0 Å². The van der Waals surface area contributed by atoms with E-state index >= 15 is 0 Å². The number of fused-ring (bicyclic) bond motifs is 2. The summed E-state index contributed by atoms with van der Waals surface area (Å²) in [6, 6.07) is 21.7. The van der Waals surface area contributed by atoms with Crippen LogP contribution in [0.2, 0.25) is 10.0 Å². The first-order chi connectivity index (χ1) is 22.6. The summed E-state index contributed by atoms with van der Waals surface area (Å²) < 4.78 is 29.6. The Hall–Kier alpha value is -5.10. The van der Waals surface area contributed by atoms with Crippen LogP contribution in [0.3, 0.4) is 0 Å². The SMILES string of the molecule is CCOc1cc(C2C(C#N)=C(N)Oc3cc(OC(=O)c4oc5c(C)c(C)ccc5c4C)ccc32)ccc1OCc1ccc(Cl)cc1Cl. The van der Waals surface area contributed by atoms with Crippen LogP contribution in [-0.2, 0) is 6.61 Å². The van der Waals surface area contributed by atoms with Crippen LogP contribution in [0.15, 0.2) is 82.6 Å². The van der Waals surface area contributed by atoms with Gasteiger partial charge in [-0.1, -0.05) is 53.5 Å². The third kappa shape index (κ3) is 6.08. The van der Waals surface area contributed by atoms with E-state index in [1.54, 1.807) is 42.5 Å². The zero-order valence-electron chi connectivity index (χ0n) is 26.1. The number of benzene rings is 4. The van der Waals surface area contributed by atoms with Gasteiger partial charge in [-0.05, 0) is 74.7 Å². The van der Waals surface area contributed by atoms with Crippen LogP contribution in [0.4, 0.5) is 0 Å².